The van der Waals surface area contributed by atoms with Gasteiger partial charge in [-0.3, -0.25) is 9.59 Å². The van der Waals surface area contributed by atoms with Crippen LogP contribution < -0.4 is 25.0 Å². The molecule has 9 nitrogen and oxygen atoms in total. The van der Waals surface area contributed by atoms with Gasteiger partial charge in [-0.15, -0.1) is 0 Å². The average molecular weight is 530 g/mol. The number of nitrogens with one attached hydrogen (secondary N) is 2. The van der Waals surface area contributed by atoms with E-state index in [9.17, 15) is 14.4 Å². The quantitative estimate of drug-likeness (QED) is 0.186. The van der Waals surface area contributed by atoms with Gasteiger partial charge in [0.2, 0.25) is 0 Å². The number of methoxy groups -OCH3 is 2. The van der Waals surface area contributed by atoms with Gasteiger partial charge in [-0.25, -0.2) is 10.2 Å². The molecule has 3 aromatic rings. The van der Waals surface area contributed by atoms with E-state index in [0.29, 0.717) is 27.6 Å². The van der Waals surface area contributed by atoms with E-state index < -0.39 is 17.8 Å². The first-order valence-electron chi connectivity index (χ1n) is 10.4. The Morgan fingerprint density at radius 2 is 1.72 bits per heavy atom. The summed E-state index contributed by atoms with van der Waals surface area (Å²) < 4.78 is 15.6. The van der Waals surface area contributed by atoms with Crippen LogP contribution in [0.15, 0.2) is 65.8 Å². The molecule has 2 amide bonds. The van der Waals surface area contributed by atoms with Crippen LogP contribution in [0.25, 0.3) is 0 Å². The van der Waals surface area contributed by atoms with E-state index in [2.05, 4.69) is 15.8 Å². The number of halogens is 2. The van der Waals surface area contributed by atoms with Gasteiger partial charge in [-0.2, -0.15) is 5.10 Å². The number of esters is 1. The lowest BCUT2D eigenvalue weighted by Gasteiger charge is -2.09. The van der Waals surface area contributed by atoms with Gasteiger partial charge in [-0.05, 0) is 54.1 Å². The number of hydrogen-bond donors (Lipinski definition) is 2. The normalized spacial score (nSPS) is 10.6. The Morgan fingerprint density at radius 1 is 0.944 bits per heavy atom. The molecule has 0 aromatic heterocycles. The molecular formula is C25H21Cl2N3O6. The number of hydrogen-bond acceptors (Lipinski definition) is 7. The molecule has 0 fully saturated rings. The molecule has 0 aliphatic heterocycles. The van der Waals surface area contributed by atoms with Gasteiger partial charge in [-0.1, -0.05) is 35.3 Å². The molecule has 0 radical (unpaired) electrons. The molecular weight excluding hydrogens is 509 g/mol. The molecule has 186 valence electrons. The fourth-order valence-electron chi connectivity index (χ4n) is 2.93. The summed E-state index contributed by atoms with van der Waals surface area (Å²) in [4.78, 5) is 36.7. The minimum atomic E-state index is -0.649. The lowest BCUT2D eigenvalue weighted by Crippen LogP contribution is -2.34. The van der Waals surface area contributed by atoms with Gasteiger partial charge < -0.3 is 19.5 Å². The zero-order valence-electron chi connectivity index (χ0n) is 19.2. The van der Waals surface area contributed by atoms with Crippen molar-refractivity contribution >= 4 is 47.2 Å². The van der Waals surface area contributed by atoms with Gasteiger partial charge >= 0.3 is 5.97 Å². The Hall–Kier alpha value is -4.08. The monoisotopic (exact) mass is 529 g/mol. The van der Waals surface area contributed by atoms with Crippen LogP contribution in [0.2, 0.25) is 10.0 Å². The second kappa shape index (κ2) is 12.6. The van der Waals surface area contributed by atoms with Crippen molar-refractivity contribution in [3.63, 3.8) is 0 Å². The number of rotatable bonds is 9. The zero-order chi connectivity index (χ0) is 26.1. The lowest BCUT2D eigenvalue weighted by atomic mass is 10.2. The van der Waals surface area contributed by atoms with Gasteiger partial charge in [0.15, 0.2) is 11.5 Å². The molecule has 0 aliphatic carbocycles. The summed E-state index contributed by atoms with van der Waals surface area (Å²) in [6.45, 7) is -0.302. The summed E-state index contributed by atoms with van der Waals surface area (Å²) in [5.41, 5.74) is 3.33. The molecule has 36 heavy (non-hydrogen) atoms. The molecule has 0 atom stereocenters. The Labute approximate surface area is 216 Å². The third-order valence-corrected chi connectivity index (χ3v) is 5.23. The Bertz CT molecular complexity index is 1310. The summed E-state index contributed by atoms with van der Waals surface area (Å²) in [6.07, 6.45) is 1.36. The number of carbonyl (C=O) groups excluding carboxylic acids is 3. The minimum Gasteiger partial charge on any atom is -0.493 e. The van der Waals surface area contributed by atoms with Crippen LogP contribution in [-0.4, -0.2) is 44.8 Å². The summed E-state index contributed by atoms with van der Waals surface area (Å²) in [5, 5.41) is 6.92. The standard InChI is InChI=1S/C25H21Cl2N3O6/c1-34-21-9-6-16(11-22(21)35-2)24(32)28-14-23(31)30-29-13-15-4-3-5-18(10-15)36-25(33)19-8-7-17(26)12-20(19)27/h3-13H,14H2,1-2H3,(H,28,32)(H,30,31)/b29-13-. The summed E-state index contributed by atoms with van der Waals surface area (Å²) in [5.74, 6) is -0.532. The molecule has 0 spiro atoms. The van der Waals surface area contributed by atoms with Gasteiger partial charge in [0.1, 0.15) is 5.75 Å². The van der Waals surface area contributed by atoms with E-state index in [4.69, 9.17) is 37.4 Å². The van der Waals surface area contributed by atoms with Gasteiger partial charge in [0.25, 0.3) is 11.8 Å². The maximum Gasteiger partial charge on any atom is 0.345 e. The van der Waals surface area contributed by atoms with E-state index in [0.717, 1.165) is 0 Å². The molecule has 11 heteroatoms. The second-order valence-corrected chi connectivity index (χ2v) is 7.98. The van der Waals surface area contributed by atoms with Crippen molar-refractivity contribution in [1.82, 2.24) is 10.7 Å². The van der Waals surface area contributed by atoms with Crippen LogP contribution in [-0.2, 0) is 4.79 Å². The SMILES string of the molecule is COc1ccc(C(=O)NCC(=O)N/N=C\c2cccc(OC(=O)c3ccc(Cl)cc3Cl)c2)cc1OC. The van der Waals surface area contributed by atoms with Crippen molar-refractivity contribution in [1.29, 1.82) is 0 Å². The maximum atomic E-state index is 12.4. The summed E-state index contributed by atoms with van der Waals surface area (Å²) >= 11 is 11.9. The van der Waals surface area contributed by atoms with E-state index in [-0.39, 0.29) is 22.9 Å². The molecule has 0 heterocycles. The molecule has 0 unspecified atom stereocenters. The van der Waals surface area contributed by atoms with E-state index in [1.807, 2.05) is 0 Å². The highest BCUT2D eigenvalue weighted by atomic mass is 35.5. The van der Waals surface area contributed by atoms with Crippen molar-refractivity contribution in [3.05, 3.63) is 87.4 Å². The Morgan fingerprint density at radius 3 is 2.44 bits per heavy atom. The Kier molecular flexibility index (Phi) is 9.26. The number of carbonyl (C=O) groups is 3. The van der Waals surface area contributed by atoms with Crippen molar-refractivity contribution in [2.75, 3.05) is 20.8 Å². The molecule has 0 bridgehead atoms. The maximum absolute atomic E-state index is 12.4. The topological polar surface area (TPSA) is 115 Å². The van der Waals surface area contributed by atoms with Crippen molar-refractivity contribution in [2.24, 2.45) is 5.10 Å². The molecule has 0 aliphatic rings. The molecule has 3 rings (SSSR count). The van der Waals surface area contributed by atoms with Crippen LogP contribution in [0.1, 0.15) is 26.3 Å². The average Bonchev–Trinajstić information content (AvgIpc) is 2.87. The molecule has 0 saturated carbocycles. The smallest absolute Gasteiger partial charge is 0.345 e. The van der Waals surface area contributed by atoms with Crippen molar-refractivity contribution < 1.29 is 28.6 Å². The second-order valence-electron chi connectivity index (χ2n) is 7.13. The molecule has 3 aromatic carbocycles. The minimum absolute atomic E-state index is 0.169. The predicted molar refractivity (Wildman–Crippen MR) is 135 cm³/mol. The third-order valence-electron chi connectivity index (χ3n) is 4.68. The van der Waals surface area contributed by atoms with Crippen LogP contribution >= 0.6 is 23.2 Å². The Balaban J connectivity index is 1.52. The predicted octanol–water partition coefficient (Wildman–Crippen LogP) is 4.11. The highest BCUT2D eigenvalue weighted by Crippen LogP contribution is 2.27. The van der Waals surface area contributed by atoms with Crippen LogP contribution in [0.4, 0.5) is 0 Å². The van der Waals surface area contributed by atoms with Crippen LogP contribution in [0.5, 0.6) is 17.2 Å². The summed E-state index contributed by atoms with van der Waals surface area (Å²) in [6, 6.07) is 15.6. The number of benzene rings is 3. The number of ether oxygens (including phenoxy) is 3. The van der Waals surface area contributed by atoms with Gasteiger partial charge in [0, 0.05) is 10.6 Å². The largest absolute Gasteiger partial charge is 0.493 e. The highest BCUT2D eigenvalue weighted by Gasteiger charge is 2.14. The third kappa shape index (κ3) is 7.21. The first kappa shape index (κ1) is 26.5. The fourth-order valence-corrected chi connectivity index (χ4v) is 3.42. The van der Waals surface area contributed by atoms with Gasteiger partial charge in [0.05, 0.1) is 37.6 Å². The fraction of sp³-hybridized carbons (Fsp3) is 0.120. The molecule has 2 N–H and O–H groups in total. The number of nitrogens with zero attached hydrogens (tertiary/aromatic N) is 1. The first-order chi connectivity index (χ1) is 17.3. The van der Waals surface area contributed by atoms with Crippen LogP contribution in [0.3, 0.4) is 0 Å². The lowest BCUT2D eigenvalue weighted by molar-refractivity contribution is -0.120. The first-order valence-corrected chi connectivity index (χ1v) is 11.2. The number of amides is 2. The number of hydrazone groups is 1. The van der Waals surface area contributed by atoms with Crippen molar-refractivity contribution in [3.8, 4) is 17.2 Å². The van der Waals surface area contributed by atoms with Crippen LogP contribution in [0, 0.1) is 0 Å². The van der Waals surface area contributed by atoms with E-state index in [1.165, 1.54) is 44.7 Å². The van der Waals surface area contributed by atoms with E-state index >= 15 is 0 Å². The highest BCUT2D eigenvalue weighted by molar-refractivity contribution is 6.36. The summed E-state index contributed by atoms with van der Waals surface area (Å²) in [7, 11) is 2.95. The zero-order valence-corrected chi connectivity index (χ0v) is 20.7. The molecule has 0 saturated heterocycles. The van der Waals surface area contributed by atoms with Crippen molar-refractivity contribution in [2.45, 2.75) is 0 Å². The van der Waals surface area contributed by atoms with E-state index in [1.54, 1.807) is 36.4 Å².